The Balaban J connectivity index is 4.34. The zero-order valence-electron chi connectivity index (χ0n) is 49.2. The van der Waals surface area contributed by atoms with Gasteiger partial charge in [-0.25, -0.2) is 0 Å². The molecule has 0 bridgehead atoms. The van der Waals surface area contributed by atoms with Crippen molar-refractivity contribution in [3.05, 3.63) is 36.5 Å². The van der Waals surface area contributed by atoms with Crippen molar-refractivity contribution in [1.29, 1.82) is 0 Å². The van der Waals surface area contributed by atoms with E-state index >= 15 is 0 Å². The van der Waals surface area contributed by atoms with Gasteiger partial charge >= 0.3 is 17.9 Å². The van der Waals surface area contributed by atoms with Gasteiger partial charge in [-0.15, -0.1) is 0 Å². The molecule has 0 radical (unpaired) electrons. The average molecular weight is 1030 g/mol. The monoisotopic (exact) mass is 1020 g/mol. The zero-order valence-corrected chi connectivity index (χ0v) is 49.2. The molecule has 0 rings (SSSR count). The molecule has 0 heterocycles. The molecule has 0 aliphatic rings. The molecule has 1 unspecified atom stereocenters. The summed E-state index contributed by atoms with van der Waals surface area (Å²) < 4.78 is 17.0. The molecule has 0 N–H and O–H groups in total. The Bertz CT molecular complexity index is 1220. The van der Waals surface area contributed by atoms with Crippen molar-refractivity contribution in [2.75, 3.05) is 13.2 Å². The van der Waals surface area contributed by atoms with E-state index in [9.17, 15) is 14.4 Å². The number of esters is 3. The maximum absolute atomic E-state index is 12.9. The number of allylic oxidation sites excluding steroid dienone is 6. The molecule has 6 nitrogen and oxygen atoms in total. The highest BCUT2D eigenvalue weighted by Crippen LogP contribution is 2.17. The minimum atomic E-state index is -0.776. The second kappa shape index (κ2) is 62.2. The maximum Gasteiger partial charge on any atom is 0.306 e. The third-order valence-electron chi connectivity index (χ3n) is 14.6. The van der Waals surface area contributed by atoms with Crippen molar-refractivity contribution in [1.82, 2.24) is 0 Å². The summed E-state index contributed by atoms with van der Waals surface area (Å²) in [6.07, 6.45) is 75.7. The summed E-state index contributed by atoms with van der Waals surface area (Å²) in [5, 5.41) is 0. The van der Waals surface area contributed by atoms with Crippen LogP contribution in [0.1, 0.15) is 355 Å². The lowest BCUT2D eigenvalue weighted by molar-refractivity contribution is -0.167. The van der Waals surface area contributed by atoms with E-state index in [-0.39, 0.29) is 31.1 Å². The van der Waals surface area contributed by atoms with Gasteiger partial charge in [0.25, 0.3) is 0 Å². The Labute approximate surface area is 455 Å². The number of unbranched alkanes of at least 4 members (excludes halogenated alkanes) is 44. The van der Waals surface area contributed by atoms with Gasteiger partial charge in [-0.1, -0.05) is 301 Å². The first-order chi connectivity index (χ1) is 36.0. The van der Waals surface area contributed by atoms with Crippen LogP contribution in [0.2, 0.25) is 0 Å². The minimum Gasteiger partial charge on any atom is -0.462 e. The van der Waals surface area contributed by atoms with Crippen LogP contribution in [0.4, 0.5) is 0 Å². The van der Waals surface area contributed by atoms with E-state index < -0.39 is 6.10 Å². The van der Waals surface area contributed by atoms with Crippen LogP contribution in [0.5, 0.6) is 0 Å². The van der Waals surface area contributed by atoms with Gasteiger partial charge in [-0.05, 0) is 70.6 Å². The molecule has 0 aliphatic carbocycles. The Morgan fingerprint density at radius 3 is 0.795 bits per heavy atom. The van der Waals surface area contributed by atoms with E-state index in [1.54, 1.807) is 0 Å². The average Bonchev–Trinajstić information content (AvgIpc) is 3.39. The predicted octanol–water partition coefficient (Wildman–Crippen LogP) is 22.0. The van der Waals surface area contributed by atoms with Gasteiger partial charge in [0, 0.05) is 19.3 Å². The lowest BCUT2D eigenvalue weighted by Gasteiger charge is -2.18. The second-order valence-corrected chi connectivity index (χ2v) is 22.1. The number of hydrogen-bond acceptors (Lipinski definition) is 6. The topological polar surface area (TPSA) is 78.9 Å². The number of carbonyl (C=O) groups is 3. The molecular weight excluding hydrogens is 901 g/mol. The van der Waals surface area contributed by atoms with Crippen LogP contribution in [0, 0.1) is 0 Å². The highest BCUT2D eigenvalue weighted by Gasteiger charge is 2.19. The summed E-state index contributed by atoms with van der Waals surface area (Å²) in [6, 6.07) is 0. The molecule has 428 valence electrons. The molecule has 0 fully saturated rings. The zero-order chi connectivity index (χ0) is 52.9. The number of ether oxygens (including phenoxy) is 3. The Kier molecular flexibility index (Phi) is 60.2. The number of rotatable bonds is 60. The number of carbonyl (C=O) groups excluding carboxylic acids is 3. The smallest absolute Gasteiger partial charge is 0.306 e. The molecule has 0 saturated heterocycles. The molecule has 73 heavy (non-hydrogen) atoms. The fraction of sp³-hybridized carbons (Fsp3) is 0.866. The van der Waals surface area contributed by atoms with E-state index in [0.717, 1.165) is 64.2 Å². The van der Waals surface area contributed by atoms with Crippen molar-refractivity contribution in [3.63, 3.8) is 0 Å². The SMILES string of the molecule is CCCCC/C=C\C=C/CCCCCCCCCCCCC(=O)OCC(COC(=O)CCCCCCCCCCCCCCCCCCCC)OC(=O)CCCCCCC/C=C\CCCCCCCCCCC. The Hall–Kier alpha value is -2.37. The number of hydrogen-bond donors (Lipinski definition) is 0. The summed E-state index contributed by atoms with van der Waals surface area (Å²) in [6.45, 7) is 6.67. The highest BCUT2D eigenvalue weighted by atomic mass is 16.6. The lowest BCUT2D eigenvalue weighted by Crippen LogP contribution is -2.30. The van der Waals surface area contributed by atoms with E-state index in [0.29, 0.717) is 19.3 Å². The quantitative estimate of drug-likeness (QED) is 0.0199. The molecule has 0 aromatic carbocycles. The fourth-order valence-electron chi connectivity index (χ4n) is 9.73. The van der Waals surface area contributed by atoms with Crippen LogP contribution in [0.3, 0.4) is 0 Å². The van der Waals surface area contributed by atoms with Gasteiger partial charge in [0.2, 0.25) is 0 Å². The summed E-state index contributed by atoms with van der Waals surface area (Å²) in [5.41, 5.74) is 0. The van der Waals surface area contributed by atoms with E-state index in [1.807, 2.05) is 0 Å². The molecule has 0 saturated carbocycles. The van der Waals surface area contributed by atoms with Crippen molar-refractivity contribution in [3.8, 4) is 0 Å². The summed E-state index contributed by atoms with van der Waals surface area (Å²) in [4.78, 5) is 38.3. The first-order valence-electron chi connectivity index (χ1n) is 32.5. The minimum absolute atomic E-state index is 0.0720. The predicted molar refractivity (Wildman–Crippen MR) is 316 cm³/mol. The molecule has 0 aromatic heterocycles. The maximum atomic E-state index is 12.9. The van der Waals surface area contributed by atoms with Crippen molar-refractivity contribution in [2.45, 2.75) is 361 Å². The van der Waals surface area contributed by atoms with Gasteiger partial charge in [0.1, 0.15) is 13.2 Å². The first kappa shape index (κ1) is 70.6. The molecule has 0 amide bonds. The molecule has 6 heteroatoms. The molecular formula is C67H124O6. The van der Waals surface area contributed by atoms with Gasteiger partial charge in [0.15, 0.2) is 6.10 Å². The third-order valence-corrected chi connectivity index (χ3v) is 14.6. The van der Waals surface area contributed by atoms with E-state index in [2.05, 4.69) is 57.2 Å². The molecule has 0 aliphatic heterocycles. The van der Waals surface area contributed by atoms with Gasteiger partial charge in [-0.3, -0.25) is 14.4 Å². The van der Waals surface area contributed by atoms with Crippen LogP contribution < -0.4 is 0 Å². The van der Waals surface area contributed by atoms with Crippen molar-refractivity contribution >= 4 is 17.9 Å². The highest BCUT2D eigenvalue weighted by molar-refractivity contribution is 5.71. The van der Waals surface area contributed by atoms with Crippen molar-refractivity contribution in [2.24, 2.45) is 0 Å². The fourth-order valence-corrected chi connectivity index (χ4v) is 9.73. The summed E-state index contributed by atoms with van der Waals surface area (Å²) >= 11 is 0. The summed E-state index contributed by atoms with van der Waals surface area (Å²) in [7, 11) is 0. The molecule has 0 aromatic rings. The Morgan fingerprint density at radius 1 is 0.274 bits per heavy atom. The normalized spacial score (nSPS) is 12.2. The Morgan fingerprint density at radius 2 is 0.493 bits per heavy atom. The van der Waals surface area contributed by atoms with E-state index in [1.165, 1.54) is 250 Å². The van der Waals surface area contributed by atoms with Crippen LogP contribution in [0.15, 0.2) is 36.5 Å². The van der Waals surface area contributed by atoms with Gasteiger partial charge in [-0.2, -0.15) is 0 Å². The van der Waals surface area contributed by atoms with Crippen molar-refractivity contribution < 1.29 is 28.6 Å². The summed E-state index contributed by atoms with van der Waals surface area (Å²) in [5.74, 6) is -0.859. The van der Waals surface area contributed by atoms with Crippen LogP contribution >= 0.6 is 0 Å². The van der Waals surface area contributed by atoms with E-state index in [4.69, 9.17) is 14.2 Å². The first-order valence-corrected chi connectivity index (χ1v) is 32.5. The van der Waals surface area contributed by atoms with Crippen LogP contribution in [-0.4, -0.2) is 37.2 Å². The third kappa shape index (κ3) is 60.4. The largest absolute Gasteiger partial charge is 0.462 e. The standard InChI is InChI=1S/C67H124O6/c1-4-7-10-13-16-19-22-25-28-31-34-37-39-42-45-48-51-54-57-60-66(69)72-63-64(73-67(70)61-58-55-52-49-46-43-40-36-33-30-27-24-21-18-15-12-9-6-3)62-71-65(68)59-56-53-50-47-44-41-38-35-32-29-26-23-20-17-14-11-8-5-2/h16,19,22,25,36,40,64H,4-15,17-18,20-21,23-24,26-35,37-39,41-63H2,1-3H3/b19-16-,25-22-,40-36-. The molecule has 1 atom stereocenters. The second-order valence-electron chi connectivity index (χ2n) is 22.1. The van der Waals surface area contributed by atoms with Gasteiger partial charge in [0.05, 0.1) is 0 Å². The van der Waals surface area contributed by atoms with Crippen LogP contribution in [0.25, 0.3) is 0 Å². The molecule has 0 spiro atoms. The lowest BCUT2D eigenvalue weighted by atomic mass is 10.0. The van der Waals surface area contributed by atoms with Gasteiger partial charge < -0.3 is 14.2 Å². The van der Waals surface area contributed by atoms with Crippen LogP contribution in [-0.2, 0) is 28.6 Å².